The molecule has 1 amide bonds. The number of carboxylic acid groups (broad SMARTS) is 1. The van der Waals surface area contributed by atoms with Crippen LogP contribution in [-0.4, -0.2) is 36.2 Å². The van der Waals surface area contributed by atoms with Crippen LogP contribution in [0.25, 0.3) is 0 Å². The van der Waals surface area contributed by atoms with Gasteiger partial charge < -0.3 is 15.2 Å². The van der Waals surface area contributed by atoms with Crippen molar-refractivity contribution in [3.63, 3.8) is 0 Å². The lowest BCUT2D eigenvalue weighted by Crippen LogP contribution is -2.46. The third kappa shape index (κ3) is 3.96. The van der Waals surface area contributed by atoms with Gasteiger partial charge in [-0.3, -0.25) is 9.59 Å². The van der Waals surface area contributed by atoms with Crippen molar-refractivity contribution in [3.8, 4) is 0 Å². The van der Waals surface area contributed by atoms with Gasteiger partial charge in [-0.25, -0.2) is 0 Å². The first-order valence-corrected chi connectivity index (χ1v) is 7.90. The zero-order valence-electron chi connectivity index (χ0n) is 13.2. The van der Waals surface area contributed by atoms with Gasteiger partial charge in [0.25, 0.3) is 0 Å². The van der Waals surface area contributed by atoms with Crippen LogP contribution in [0.15, 0.2) is 0 Å². The Bertz CT molecular complexity index is 394. The van der Waals surface area contributed by atoms with E-state index in [9.17, 15) is 9.59 Å². The molecular formula is C16H27NO4. The van der Waals surface area contributed by atoms with E-state index in [0.29, 0.717) is 17.9 Å². The fourth-order valence-electron chi connectivity index (χ4n) is 3.46. The van der Waals surface area contributed by atoms with E-state index in [1.54, 1.807) is 0 Å². The topological polar surface area (TPSA) is 75.6 Å². The van der Waals surface area contributed by atoms with Crippen molar-refractivity contribution < 1.29 is 19.4 Å². The van der Waals surface area contributed by atoms with E-state index in [-0.39, 0.29) is 24.5 Å². The van der Waals surface area contributed by atoms with E-state index < -0.39 is 11.9 Å². The molecule has 1 aliphatic heterocycles. The smallest absolute Gasteiger partial charge is 0.311 e. The molecule has 21 heavy (non-hydrogen) atoms. The molecule has 2 rings (SSSR count). The summed E-state index contributed by atoms with van der Waals surface area (Å²) in [6.07, 6.45) is 3.95. The molecule has 2 atom stereocenters. The lowest BCUT2D eigenvalue weighted by Gasteiger charge is -2.36. The van der Waals surface area contributed by atoms with Crippen LogP contribution in [0.3, 0.4) is 0 Å². The first-order valence-electron chi connectivity index (χ1n) is 7.90. The molecular weight excluding hydrogens is 270 g/mol. The standard InChI is InChI=1S/C16H27NO4/c1-16(2,3)11-6-4-10(5-7-11)14(18)17-13-9-21-8-12(13)15(19)20/h10-13H,4-9H2,1-3H3,(H,17,18)(H,19,20). The Kier molecular flexibility index (Phi) is 4.91. The Hall–Kier alpha value is -1.10. The van der Waals surface area contributed by atoms with E-state index in [1.165, 1.54) is 0 Å². The number of hydrogen-bond acceptors (Lipinski definition) is 3. The molecule has 1 saturated heterocycles. The first-order chi connectivity index (χ1) is 9.79. The van der Waals surface area contributed by atoms with Crippen LogP contribution < -0.4 is 5.32 Å². The Morgan fingerprint density at radius 3 is 2.24 bits per heavy atom. The molecule has 0 radical (unpaired) electrons. The number of rotatable bonds is 3. The molecule has 2 aliphatic rings. The lowest BCUT2D eigenvalue weighted by molar-refractivity contribution is -0.142. The van der Waals surface area contributed by atoms with Gasteiger partial charge in [-0.15, -0.1) is 0 Å². The maximum absolute atomic E-state index is 12.3. The molecule has 1 saturated carbocycles. The average molecular weight is 297 g/mol. The fourth-order valence-corrected chi connectivity index (χ4v) is 3.46. The van der Waals surface area contributed by atoms with Gasteiger partial charge in [-0.1, -0.05) is 20.8 Å². The summed E-state index contributed by atoms with van der Waals surface area (Å²) in [5.41, 5.74) is 0.301. The van der Waals surface area contributed by atoms with Gasteiger partial charge in [0.15, 0.2) is 0 Å². The molecule has 1 aliphatic carbocycles. The fraction of sp³-hybridized carbons (Fsp3) is 0.875. The van der Waals surface area contributed by atoms with E-state index >= 15 is 0 Å². The average Bonchev–Trinajstić information content (AvgIpc) is 2.86. The highest BCUT2D eigenvalue weighted by Crippen LogP contribution is 2.39. The van der Waals surface area contributed by atoms with Crippen LogP contribution in [0.5, 0.6) is 0 Å². The highest BCUT2D eigenvalue weighted by molar-refractivity contribution is 5.80. The lowest BCUT2D eigenvalue weighted by atomic mass is 9.69. The van der Waals surface area contributed by atoms with Crippen molar-refractivity contribution >= 4 is 11.9 Å². The molecule has 2 N–H and O–H groups in total. The van der Waals surface area contributed by atoms with E-state index in [0.717, 1.165) is 25.7 Å². The van der Waals surface area contributed by atoms with Gasteiger partial charge in [-0.05, 0) is 37.0 Å². The molecule has 5 heteroatoms. The number of carboxylic acids is 1. The second-order valence-electron chi connectivity index (χ2n) is 7.51. The normalized spacial score (nSPS) is 33.7. The summed E-state index contributed by atoms with van der Waals surface area (Å²) in [6, 6.07) is -0.379. The number of nitrogens with one attached hydrogen (secondary N) is 1. The van der Waals surface area contributed by atoms with Crippen LogP contribution in [0.4, 0.5) is 0 Å². The van der Waals surface area contributed by atoms with Gasteiger partial charge in [0.2, 0.25) is 5.91 Å². The summed E-state index contributed by atoms with van der Waals surface area (Å²) < 4.78 is 5.19. The summed E-state index contributed by atoms with van der Waals surface area (Å²) in [7, 11) is 0. The minimum Gasteiger partial charge on any atom is -0.481 e. The summed E-state index contributed by atoms with van der Waals surface area (Å²) >= 11 is 0. The van der Waals surface area contributed by atoms with E-state index in [4.69, 9.17) is 9.84 Å². The van der Waals surface area contributed by atoms with Gasteiger partial charge in [0.05, 0.1) is 19.3 Å². The van der Waals surface area contributed by atoms with Gasteiger partial charge >= 0.3 is 5.97 Å². The minimum atomic E-state index is -0.894. The molecule has 0 spiro atoms. The highest BCUT2D eigenvalue weighted by Gasteiger charge is 2.37. The van der Waals surface area contributed by atoms with Crippen LogP contribution in [-0.2, 0) is 14.3 Å². The van der Waals surface area contributed by atoms with Crippen LogP contribution in [0, 0.1) is 23.2 Å². The Morgan fingerprint density at radius 1 is 1.10 bits per heavy atom. The molecule has 5 nitrogen and oxygen atoms in total. The minimum absolute atomic E-state index is 0.00380. The second kappa shape index (κ2) is 6.34. The van der Waals surface area contributed by atoms with E-state index in [2.05, 4.69) is 26.1 Å². The number of ether oxygens (including phenoxy) is 1. The number of hydrogen-bond donors (Lipinski definition) is 2. The monoisotopic (exact) mass is 297 g/mol. The maximum atomic E-state index is 12.3. The largest absolute Gasteiger partial charge is 0.481 e. The Morgan fingerprint density at radius 2 is 1.71 bits per heavy atom. The molecule has 0 bridgehead atoms. The van der Waals surface area contributed by atoms with Gasteiger partial charge in [0.1, 0.15) is 5.92 Å². The third-order valence-corrected chi connectivity index (χ3v) is 5.05. The van der Waals surface area contributed by atoms with E-state index in [1.807, 2.05) is 0 Å². The predicted octanol–water partition coefficient (Wildman–Crippen LogP) is 2.05. The quantitative estimate of drug-likeness (QED) is 0.836. The molecule has 120 valence electrons. The van der Waals surface area contributed by atoms with Gasteiger partial charge in [-0.2, -0.15) is 0 Å². The second-order valence-corrected chi connectivity index (χ2v) is 7.51. The Balaban J connectivity index is 1.84. The number of amides is 1. The number of carbonyl (C=O) groups excluding carboxylic acids is 1. The van der Waals surface area contributed by atoms with Crippen molar-refractivity contribution in [2.24, 2.45) is 23.2 Å². The molecule has 2 unspecified atom stereocenters. The van der Waals surface area contributed by atoms with Gasteiger partial charge in [0, 0.05) is 5.92 Å². The van der Waals surface area contributed by atoms with Crippen molar-refractivity contribution in [2.45, 2.75) is 52.5 Å². The summed E-state index contributed by atoms with van der Waals surface area (Å²) in [6.45, 7) is 7.26. The van der Waals surface area contributed by atoms with Crippen LogP contribution in [0.1, 0.15) is 46.5 Å². The first kappa shape index (κ1) is 16.3. The molecule has 1 heterocycles. The maximum Gasteiger partial charge on any atom is 0.311 e. The third-order valence-electron chi connectivity index (χ3n) is 5.05. The SMILES string of the molecule is CC(C)(C)C1CCC(C(=O)NC2COCC2C(=O)O)CC1. The summed E-state index contributed by atoms with van der Waals surface area (Å²) in [5.74, 6) is -0.806. The molecule has 0 aromatic carbocycles. The highest BCUT2D eigenvalue weighted by atomic mass is 16.5. The van der Waals surface area contributed by atoms with Crippen molar-refractivity contribution in [3.05, 3.63) is 0 Å². The van der Waals surface area contributed by atoms with Crippen LogP contribution >= 0.6 is 0 Å². The molecule has 0 aromatic heterocycles. The van der Waals surface area contributed by atoms with Crippen molar-refractivity contribution in [1.29, 1.82) is 0 Å². The molecule has 0 aromatic rings. The summed E-state index contributed by atoms with van der Waals surface area (Å²) in [5, 5.41) is 12.0. The van der Waals surface area contributed by atoms with Crippen molar-refractivity contribution in [1.82, 2.24) is 5.32 Å². The zero-order valence-corrected chi connectivity index (χ0v) is 13.2. The Labute approximate surface area is 126 Å². The number of aliphatic carboxylic acids is 1. The summed E-state index contributed by atoms with van der Waals surface area (Å²) in [4.78, 5) is 23.4. The van der Waals surface area contributed by atoms with Crippen LogP contribution in [0.2, 0.25) is 0 Å². The van der Waals surface area contributed by atoms with Crippen molar-refractivity contribution in [2.75, 3.05) is 13.2 Å². The zero-order chi connectivity index (χ0) is 15.6. The predicted molar refractivity (Wildman–Crippen MR) is 78.8 cm³/mol. The molecule has 2 fully saturated rings. The number of carbonyl (C=O) groups is 2.